The Morgan fingerprint density at radius 3 is 2.37 bits per heavy atom. The highest BCUT2D eigenvalue weighted by Crippen LogP contribution is 2.29. The smallest absolute Gasteiger partial charge is 0.246 e. The molecule has 0 radical (unpaired) electrons. The third-order valence-electron chi connectivity index (χ3n) is 3.37. The van der Waals surface area contributed by atoms with E-state index in [1.807, 2.05) is 0 Å². The lowest BCUT2D eigenvalue weighted by atomic mass is 10.2. The minimum absolute atomic E-state index is 0.200. The second-order valence-corrected chi connectivity index (χ2v) is 6.63. The number of benzene rings is 1. The monoisotopic (exact) mass is 284 g/mol. The molecule has 0 atom stereocenters. The molecule has 0 aromatic heterocycles. The summed E-state index contributed by atoms with van der Waals surface area (Å²) in [6.07, 6.45) is 4.00. The Bertz CT molecular complexity index is 535. The topological polar surface area (TPSA) is 72.6 Å². The standard InChI is InChI=1S/C13H20N2O3S/c1-18-12-10-11(14)6-7-13(12)19(16,17)15-8-4-2-3-5-9-15/h6-7,10H,2-5,8-9,14H2,1H3. The zero-order chi connectivity index (χ0) is 13.9. The van der Waals surface area contributed by atoms with Gasteiger partial charge in [-0.05, 0) is 25.0 Å². The van der Waals surface area contributed by atoms with E-state index in [0.717, 1.165) is 25.7 Å². The van der Waals surface area contributed by atoms with Gasteiger partial charge in [0.15, 0.2) is 0 Å². The maximum absolute atomic E-state index is 12.6. The Morgan fingerprint density at radius 1 is 1.16 bits per heavy atom. The number of methoxy groups -OCH3 is 1. The number of ether oxygens (including phenoxy) is 1. The lowest BCUT2D eigenvalue weighted by molar-refractivity contribution is 0.392. The summed E-state index contributed by atoms with van der Waals surface area (Å²) < 4.78 is 32.0. The molecule has 1 aromatic rings. The van der Waals surface area contributed by atoms with Gasteiger partial charge in [-0.3, -0.25) is 0 Å². The molecule has 1 aliphatic rings. The van der Waals surface area contributed by atoms with Gasteiger partial charge in [-0.1, -0.05) is 12.8 Å². The number of hydrogen-bond donors (Lipinski definition) is 1. The maximum Gasteiger partial charge on any atom is 0.246 e. The summed E-state index contributed by atoms with van der Waals surface area (Å²) in [5.41, 5.74) is 6.15. The highest BCUT2D eigenvalue weighted by atomic mass is 32.2. The van der Waals surface area contributed by atoms with Crippen LogP contribution in [0.1, 0.15) is 25.7 Å². The van der Waals surface area contributed by atoms with Crippen LogP contribution in [0.3, 0.4) is 0 Å². The average molecular weight is 284 g/mol. The highest BCUT2D eigenvalue weighted by molar-refractivity contribution is 7.89. The summed E-state index contributed by atoms with van der Waals surface area (Å²) in [6, 6.07) is 4.66. The number of hydrogen-bond acceptors (Lipinski definition) is 4. The molecule has 0 saturated carbocycles. The van der Waals surface area contributed by atoms with E-state index in [-0.39, 0.29) is 4.90 Å². The molecule has 6 heteroatoms. The van der Waals surface area contributed by atoms with Crippen LogP contribution in [0.5, 0.6) is 5.75 Å². The lowest BCUT2D eigenvalue weighted by Crippen LogP contribution is -2.32. The van der Waals surface area contributed by atoms with Gasteiger partial charge in [0.2, 0.25) is 10.0 Å². The van der Waals surface area contributed by atoms with Crippen molar-refractivity contribution in [2.45, 2.75) is 30.6 Å². The van der Waals surface area contributed by atoms with E-state index in [1.165, 1.54) is 13.2 Å². The SMILES string of the molecule is COc1cc(N)ccc1S(=O)(=O)N1CCCCCC1. The van der Waals surface area contributed by atoms with Crippen molar-refractivity contribution in [1.82, 2.24) is 4.31 Å². The number of nitrogens with zero attached hydrogens (tertiary/aromatic N) is 1. The number of anilines is 1. The lowest BCUT2D eigenvalue weighted by Gasteiger charge is -2.21. The molecule has 1 aromatic carbocycles. The summed E-state index contributed by atoms with van der Waals surface area (Å²) in [4.78, 5) is 0.200. The molecule has 0 bridgehead atoms. The number of nitrogen functional groups attached to an aromatic ring is 1. The van der Waals surface area contributed by atoms with Gasteiger partial charge < -0.3 is 10.5 Å². The first kappa shape index (κ1) is 14.1. The Balaban J connectivity index is 2.38. The number of nitrogens with two attached hydrogens (primary N) is 1. The van der Waals surface area contributed by atoms with Crippen molar-refractivity contribution >= 4 is 15.7 Å². The first-order valence-electron chi connectivity index (χ1n) is 6.49. The average Bonchev–Trinajstić information content (AvgIpc) is 2.67. The molecular formula is C13H20N2O3S. The quantitative estimate of drug-likeness (QED) is 0.860. The molecule has 1 heterocycles. The van der Waals surface area contributed by atoms with Gasteiger partial charge in [0.05, 0.1) is 7.11 Å². The molecule has 5 nitrogen and oxygen atoms in total. The van der Waals surface area contributed by atoms with E-state index in [2.05, 4.69) is 0 Å². The Morgan fingerprint density at radius 2 is 1.79 bits per heavy atom. The molecular weight excluding hydrogens is 264 g/mol. The van der Waals surface area contributed by atoms with Crippen molar-refractivity contribution in [2.24, 2.45) is 0 Å². The minimum Gasteiger partial charge on any atom is -0.495 e. The van der Waals surface area contributed by atoms with E-state index in [1.54, 1.807) is 16.4 Å². The van der Waals surface area contributed by atoms with Crippen molar-refractivity contribution in [3.63, 3.8) is 0 Å². The van der Waals surface area contributed by atoms with Crippen LogP contribution >= 0.6 is 0 Å². The summed E-state index contributed by atoms with van der Waals surface area (Å²) in [5.74, 6) is 0.309. The summed E-state index contributed by atoms with van der Waals surface area (Å²) in [6.45, 7) is 1.16. The van der Waals surface area contributed by atoms with E-state index in [0.29, 0.717) is 24.5 Å². The van der Waals surface area contributed by atoms with Crippen LogP contribution < -0.4 is 10.5 Å². The zero-order valence-electron chi connectivity index (χ0n) is 11.1. The van der Waals surface area contributed by atoms with E-state index in [4.69, 9.17) is 10.5 Å². The van der Waals surface area contributed by atoms with E-state index >= 15 is 0 Å². The van der Waals surface area contributed by atoms with Crippen LogP contribution in [-0.4, -0.2) is 32.9 Å². The van der Waals surface area contributed by atoms with Crippen molar-refractivity contribution in [3.05, 3.63) is 18.2 Å². The van der Waals surface area contributed by atoms with Gasteiger partial charge in [-0.15, -0.1) is 0 Å². The number of sulfonamides is 1. The molecule has 1 aliphatic heterocycles. The Labute approximate surface area is 114 Å². The zero-order valence-corrected chi connectivity index (χ0v) is 11.9. The fourth-order valence-corrected chi connectivity index (χ4v) is 3.97. The number of rotatable bonds is 3. The van der Waals surface area contributed by atoms with Crippen molar-refractivity contribution < 1.29 is 13.2 Å². The van der Waals surface area contributed by atoms with Crippen LogP contribution in [-0.2, 0) is 10.0 Å². The maximum atomic E-state index is 12.6. The second kappa shape index (κ2) is 5.79. The summed E-state index contributed by atoms with van der Waals surface area (Å²) in [5, 5.41) is 0. The van der Waals surface area contributed by atoms with Crippen LogP contribution in [0.15, 0.2) is 23.1 Å². The molecule has 2 N–H and O–H groups in total. The third kappa shape index (κ3) is 3.01. The predicted molar refractivity (Wildman–Crippen MR) is 74.6 cm³/mol. The van der Waals surface area contributed by atoms with Gasteiger partial charge in [0, 0.05) is 24.8 Å². The second-order valence-electron chi connectivity index (χ2n) is 4.73. The first-order chi connectivity index (χ1) is 9.05. The molecule has 0 aliphatic carbocycles. The molecule has 0 amide bonds. The normalized spacial score (nSPS) is 17.9. The fraction of sp³-hybridized carbons (Fsp3) is 0.538. The van der Waals surface area contributed by atoms with Gasteiger partial charge in [0.1, 0.15) is 10.6 Å². The molecule has 1 saturated heterocycles. The fourth-order valence-electron chi connectivity index (χ4n) is 2.32. The molecule has 19 heavy (non-hydrogen) atoms. The van der Waals surface area contributed by atoms with Crippen molar-refractivity contribution in [3.8, 4) is 5.75 Å². The predicted octanol–water partition coefficient (Wildman–Crippen LogP) is 1.84. The first-order valence-corrected chi connectivity index (χ1v) is 7.93. The molecule has 2 rings (SSSR count). The Hall–Kier alpha value is -1.27. The van der Waals surface area contributed by atoms with Crippen LogP contribution in [0.2, 0.25) is 0 Å². The molecule has 106 valence electrons. The minimum atomic E-state index is -3.49. The van der Waals surface area contributed by atoms with Crippen LogP contribution in [0.4, 0.5) is 5.69 Å². The molecule has 1 fully saturated rings. The Kier molecular flexibility index (Phi) is 4.31. The summed E-state index contributed by atoms with van der Waals surface area (Å²) >= 11 is 0. The van der Waals surface area contributed by atoms with Gasteiger partial charge >= 0.3 is 0 Å². The van der Waals surface area contributed by atoms with Crippen LogP contribution in [0, 0.1) is 0 Å². The highest BCUT2D eigenvalue weighted by Gasteiger charge is 2.28. The van der Waals surface area contributed by atoms with Crippen molar-refractivity contribution in [1.29, 1.82) is 0 Å². The van der Waals surface area contributed by atoms with E-state index < -0.39 is 10.0 Å². The van der Waals surface area contributed by atoms with Gasteiger partial charge in [-0.25, -0.2) is 8.42 Å². The van der Waals surface area contributed by atoms with Crippen molar-refractivity contribution in [2.75, 3.05) is 25.9 Å². The van der Waals surface area contributed by atoms with Gasteiger partial charge in [-0.2, -0.15) is 4.31 Å². The van der Waals surface area contributed by atoms with E-state index in [9.17, 15) is 8.42 Å². The molecule has 0 unspecified atom stereocenters. The summed E-state index contributed by atoms with van der Waals surface area (Å²) in [7, 11) is -2.04. The molecule has 0 spiro atoms. The largest absolute Gasteiger partial charge is 0.495 e. The third-order valence-corrected chi connectivity index (χ3v) is 5.31. The van der Waals surface area contributed by atoms with Gasteiger partial charge in [0.25, 0.3) is 0 Å². The van der Waals surface area contributed by atoms with Crippen LogP contribution in [0.25, 0.3) is 0 Å².